The number of aryl methyl sites for hydroxylation is 1. The summed E-state index contributed by atoms with van der Waals surface area (Å²) in [5.74, 6) is 6.26. The smallest absolute Gasteiger partial charge is 0.0608 e. The maximum absolute atomic E-state index is 6.33. The lowest BCUT2D eigenvalue weighted by Crippen LogP contribution is -2.29. The van der Waals surface area contributed by atoms with Gasteiger partial charge in [-0.3, -0.25) is 11.3 Å². The number of nitrogens with one attached hydrogen (secondary N) is 1. The maximum Gasteiger partial charge on any atom is 0.0608 e. The number of hydrazine groups is 1. The third-order valence-electron chi connectivity index (χ3n) is 3.53. The van der Waals surface area contributed by atoms with Crippen LogP contribution in [0.3, 0.4) is 0 Å². The van der Waals surface area contributed by atoms with Crippen molar-refractivity contribution < 1.29 is 0 Å². The van der Waals surface area contributed by atoms with Crippen molar-refractivity contribution in [2.45, 2.75) is 39.2 Å². The zero-order valence-corrected chi connectivity index (χ0v) is 13.7. The van der Waals surface area contributed by atoms with E-state index in [0.717, 1.165) is 21.9 Å². The van der Waals surface area contributed by atoms with E-state index >= 15 is 0 Å². The van der Waals surface area contributed by atoms with Crippen LogP contribution in [0.25, 0.3) is 0 Å². The molecule has 20 heavy (non-hydrogen) atoms. The van der Waals surface area contributed by atoms with E-state index in [2.05, 4.69) is 48.9 Å². The SMILES string of the molecule is Cc1csc(C(Cc2ccc(C(C)C)cc2)NN)c1Cl. The second-order valence-corrected chi connectivity index (χ2v) is 6.71. The Morgan fingerprint density at radius 3 is 2.35 bits per heavy atom. The van der Waals surface area contributed by atoms with E-state index in [1.165, 1.54) is 11.1 Å². The number of halogens is 1. The van der Waals surface area contributed by atoms with Gasteiger partial charge in [-0.15, -0.1) is 11.3 Å². The Morgan fingerprint density at radius 1 is 1.25 bits per heavy atom. The van der Waals surface area contributed by atoms with E-state index in [0.29, 0.717) is 5.92 Å². The Balaban J connectivity index is 2.16. The molecule has 1 unspecified atom stereocenters. The molecule has 0 saturated carbocycles. The first-order chi connectivity index (χ1) is 9.52. The van der Waals surface area contributed by atoms with Gasteiger partial charge in [0.2, 0.25) is 0 Å². The summed E-state index contributed by atoms with van der Waals surface area (Å²) in [7, 11) is 0. The van der Waals surface area contributed by atoms with Crippen LogP contribution in [0.4, 0.5) is 0 Å². The standard InChI is InChI=1S/C16H21ClN2S/c1-10(2)13-6-4-12(5-7-13)8-14(19-18)16-15(17)11(3)9-20-16/h4-7,9-10,14,19H,8,18H2,1-3H3. The molecule has 0 bridgehead atoms. The van der Waals surface area contributed by atoms with Crippen molar-refractivity contribution in [1.82, 2.24) is 5.43 Å². The van der Waals surface area contributed by atoms with Gasteiger partial charge in [-0.1, -0.05) is 49.7 Å². The van der Waals surface area contributed by atoms with Gasteiger partial charge in [0.1, 0.15) is 0 Å². The van der Waals surface area contributed by atoms with E-state index in [1.54, 1.807) is 11.3 Å². The average molecular weight is 309 g/mol. The van der Waals surface area contributed by atoms with Crippen LogP contribution >= 0.6 is 22.9 Å². The van der Waals surface area contributed by atoms with Gasteiger partial charge >= 0.3 is 0 Å². The molecule has 3 N–H and O–H groups in total. The van der Waals surface area contributed by atoms with Gasteiger partial charge in [-0.05, 0) is 41.3 Å². The first kappa shape index (κ1) is 15.5. The van der Waals surface area contributed by atoms with Crippen molar-refractivity contribution in [3.05, 3.63) is 56.2 Å². The van der Waals surface area contributed by atoms with E-state index in [9.17, 15) is 0 Å². The summed E-state index contributed by atoms with van der Waals surface area (Å²) in [5.41, 5.74) is 6.62. The number of nitrogens with two attached hydrogens (primary N) is 1. The number of benzene rings is 1. The molecule has 0 aliphatic rings. The monoisotopic (exact) mass is 308 g/mol. The fourth-order valence-electron chi connectivity index (χ4n) is 2.19. The summed E-state index contributed by atoms with van der Waals surface area (Å²) in [4.78, 5) is 1.11. The quantitative estimate of drug-likeness (QED) is 0.626. The minimum atomic E-state index is 0.0612. The van der Waals surface area contributed by atoms with Gasteiger partial charge in [-0.25, -0.2) is 0 Å². The summed E-state index contributed by atoms with van der Waals surface area (Å²) in [6.07, 6.45) is 0.842. The summed E-state index contributed by atoms with van der Waals surface area (Å²) >= 11 is 7.99. The molecule has 0 spiro atoms. The summed E-state index contributed by atoms with van der Waals surface area (Å²) in [5, 5.41) is 2.90. The van der Waals surface area contributed by atoms with E-state index in [4.69, 9.17) is 17.4 Å². The molecule has 1 heterocycles. The molecule has 108 valence electrons. The van der Waals surface area contributed by atoms with E-state index < -0.39 is 0 Å². The molecule has 1 aromatic heterocycles. The Morgan fingerprint density at radius 2 is 1.90 bits per heavy atom. The minimum absolute atomic E-state index is 0.0612. The van der Waals surface area contributed by atoms with Crippen LogP contribution in [0.15, 0.2) is 29.6 Å². The summed E-state index contributed by atoms with van der Waals surface area (Å²) in [6.45, 7) is 6.42. The fraction of sp³-hybridized carbons (Fsp3) is 0.375. The Hall–Kier alpha value is -0.870. The van der Waals surface area contributed by atoms with Crippen LogP contribution in [-0.4, -0.2) is 0 Å². The van der Waals surface area contributed by atoms with Gasteiger partial charge in [0.25, 0.3) is 0 Å². The van der Waals surface area contributed by atoms with Crippen molar-refractivity contribution in [1.29, 1.82) is 0 Å². The normalized spacial score (nSPS) is 12.9. The second-order valence-electron chi connectivity index (χ2n) is 5.42. The Kier molecular flexibility index (Phi) is 5.22. The highest BCUT2D eigenvalue weighted by Crippen LogP contribution is 2.33. The van der Waals surface area contributed by atoms with Crippen LogP contribution in [0.1, 0.15) is 47.4 Å². The van der Waals surface area contributed by atoms with Crippen molar-refractivity contribution in [3.63, 3.8) is 0 Å². The van der Waals surface area contributed by atoms with Gasteiger partial charge in [0.05, 0.1) is 11.1 Å². The highest BCUT2D eigenvalue weighted by Gasteiger charge is 2.17. The highest BCUT2D eigenvalue weighted by molar-refractivity contribution is 7.10. The van der Waals surface area contributed by atoms with Gasteiger partial charge in [-0.2, -0.15) is 0 Å². The first-order valence-corrected chi connectivity index (χ1v) is 8.07. The zero-order valence-electron chi connectivity index (χ0n) is 12.1. The van der Waals surface area contributed by atoms with Crippen LogP contribution in [0.2, 0.25) is 5.02 Å². The summed E-state index contributed by atoms with van der Waals surface area (Å²) in [6, 6.07) is 8.79. The molecule has 0 radical (unpaired) electrons. The topological polar surface area (TPSA) is 38.0 Å². The minimum Gasteiger partial charge on any atom is -0.271 e. The van der Waals surface area contributed by atoms with Crippen LogP contribution < -0.4 is 11.3 Å². The molecule has 0 amide bonds. The molecular formula is C16H21ClN2S. The molecule has 2 nitrogen and oxygen atoms in total. The number of hydrogen-bond acceptors (Lipinski definition) is 3. The Bertz CT molecular complexity index is 560. The molecule has 2 rings (SSSR count). The molecule has 0 aliphatic carbocycles. The van der Waals surface area contributed by atoms with Gasteiger partial charge < -0.3 is 0 Å². The lowest BCUT2D eigenvalue weighted by atomic mass is 9.99. The lowest BCUT2D eigenvalue weighted by Gasteiger charge is -2.16. The van der Waals surface area contributed by atoms with Crippen LogP contribution in [-0.2, 0) is 6.42 Å². The lowest BCUT2D eigenvalue weighted by molar-refractivity contribution is 0.560. The van der Waals surface area contributed by atoms with Crippen molar-refractivity contribution in [2.24, 2.45) is 5.84 Å². The molecule has 1 atom stereocenters. The van der Waals surface area contributed by atoms with Crippen molar-refractivity contribution in [3.8, 4) is 0 Å². The maximum atomic E-state index is 6.33. The third kappa shape index (κ3) is 3.41. The van der Waals surface area contributed by atoms with Crippen molar-refractivity contribution >= 4 is 22.9 Å². The number of rotatable bonds is 5. The van der Waals surface area contributed by atoms with Crippen molar-refractivity contribution in [2.75, 3.05) is 0 Å². The molecule has 0 saturated heterocycles. The predicted molar refractivity (Wildman–Crippen MR) is 88.4 cm³/mol. The predicted octanol–water partition coefficient (Wildman–Crippen LogP) is 4.58. The van der Waals surface area contributed by atoms with Crippen LogP contribution in [0.5, 0.6) is 0 Å². The summed E-state index contributed by atoms with van der Waals surface area (Å²) < 4.78 is 0. The molecule has 4 heteroatoms. The molecule has 0 aliphatic heterocycles. The molecular weight excluding hydrogens is 288 g/mol. The van der Waals surface area contributed by atoms with Crippen LogP contribution in [0, 0.1) is 6.92 Å². The Labute approximate surface area is 129 Å². The highest BCUT2D eigenvalue weighted by atomic mass is 35.5. The van der Waals surface area contributed by atoms with Gasteiger partial charge in [0.15, 0.2) is 0 Å². The molecule has 1 aromatic carbocycles. The zero-order chi connectivity index (χ0) is 14.7. The number of hydrogen-bond donors (Lipinski definition) is 2. The molecule has 2 aromatic rings. The van der Waals surface area contributed by atoms with E-state index in [1.807, 2.05) is 6.92 Å². The first-order valence-electron chi connectivity index (χ1n) is 6.81. The second kappa shape index (κ2) is 6.72. The fourth-order valence-corrected chi connectivity index (χ4v) is 3.57. The average Bonchev–Trinajstić information content (AvgIpc) is 2.77. The third-order valence-corrected chi connectivity index (χ3v) is 5.36. The van der Waals surface area contributed by atoms with E-state index in [-0.39, 0.29) is 6.04 Å². The number of thiophene rings is 1. The van der Waals surface area contributed by atoms with Gasteiger partial charge in [0, 0.05) is 4.88 Å². The largest absolute Gasteiger partial charge is 0.271 e. The molecule has 0 fully saturated rings.